The highest BCUT2D eigenvalue weighted by Gasteiger charge is 2.32. The van der Waals surface area contributed by atoms with E-state index in [1.807, 2.05) is 117 Å². The van der Waals surface area contributed by atoms with Crippen molar-refractivity contribution in [2.75, 3.05) is 5.32 Å². The first-order valence-electron chi connectivity index (χ1n) is 14.1. The molecule has 0 spiro atoms. The van der Waals surface area contributed by atoms with Gasteiger partial charge in [-0.2, -0.15) is 5.26 Å². The highest BCUT2D eigenvalue weighted by molar-refractivity contribution is 7.07. The summed E-state index contributed by atoms with van der Waals surface area (Å²) in [6.45, 7) is 4.09. The first-order valence-corrected chi connectivity index (χ1v) is 14.9. The van der Waals surface area contributed by atoms with Crippen LogP contribution in [0.2, 0.25) is 0 Å². The van der Waals surface area contributed by atoms with Gasteiger partial charge in [-0.25, -0.2) is 4.99 Å². The monoisotopic (exact) mass is 596 g/mol. The summed E-state index contributed by atoms with van der Waals surface area (Å²) in [5.74, 6) is 0.353. The normalized spacial score (nSPS) is 14.4. The van der Waals surface area contributed by atoms with Crippen molar-refractivity contribution >= 4 is 29.0 Å². The number of ether oxygens (including phenoxy) is 1. The Morgan fingerprint density at radius 1 is 0.977 bits per heavy atom. The van der Waals surface area contributed by atoms with Gasteiger partial charge in [0.05, 0.1) is 33.5 Å². The largest absolute Gasteiger partial charge is 0.489 e. The number of aryl methyl sites for hydroxylation is 1. The number of nitrogens with one attached hydrogen (secondary N) is 1. The molecule has 0 bridgehead atoms. The van der Waals surface area contributed by atoms with E-state index in [2.05, 4.69) is 11.4 Å². The molecule has 1 aliphatic heterocycles. The van der Waals surface area contributed by atoms with Crippen LogP contribution in [0.1, 0.15) is 40.8 Å². The maximum absolute atomic E-state index is 14.0. The van der Waals surface area contributed by atoms with Gasteiger partial charge in [0.25, 0.3) is 11.5 Å². The van der Waals surface area contributed by atoms with E-state index in [0.29, 0.717) is 37.6 Å². The molecule has 1 atom stereocenters. The molecular formula is C36H28N4O3S. The molecule has 0 unspecified atom stereocenters. The number of carbonyl (C=O) groups excluding carboxylic acids is 1. The minimum absolute atomic E-state index is 0.217. The molecule has 5 aromatic rings. The number of para-hydroxylation sites is 1. The second-order valence-electron chi connectivity index (χ2n) is 10.4. The number of allylic oxidation sites excluding steroid dienone is 1. The van der Waals surface area contributed by atoms with Gasteiger partial charge in [0.1, 0.15) is 12.4 Å². The van der Waals surface area contributed by atoms with E-state index in [0.717, 1.165) is 22.3 Å². The third-order valence-corrected chi connectivity index (χ3v) is 8.38. The van der Waals surface area contributed by atoms with Crippen molar-refractivity contribution in [3.8, 4) is 11.8 Å². The summed E-state index contributed by atoms with van der Waals surface area (Å²) < 4.78 is 8.04. The van der Waals surface area contributed by atoms with Crippen molar-refractivity contribution in [1.29, 1.82) is 5.26 Å². The number of nitrogens with zero attached hydrogens (tertiary/aromatic N) is 3. The van der Waals surface area contributed by atoms with Crippen LogP contribution in [0, 0.1) is 18.3 Å². The number of nitriles is 1. The highest BCUT2D eigenvalue weighted by atomic mass is 32.1. The zero-order valence-electron chi connectivity index (χ0n) is 24.2. The molecule has 1 N–H and O–H groups in total. The predicted octanol–water partition coefficient (Wildman–Crippen LogP) is 5.63. The van der Waals surface area contributed by atoms with Gasteiger partial charge in [-0.1, -0.05) is 89.7 Å². The number of hydrogen-bond donors (Lipinski definition) is 1. The molecule has 2 heterocycles. The second-order valence-corrected chi connectivity index (χ2v) is 11.4. The molecule has 7 nitrogen and oxygen atoms in total. The third kappa shape index (κ3) is 5.87. The van der Waals surface area contributed by atoms with Gasteiger partial charge in [0, 0.05) is 11.3 Å². The Bertz CT molecular complexity index is 2100. The maximum atomic E-state index is 14.0. The lowest BCUT2D eigenvalue weighted by Gasteiger charge is -2.25. The molecule has 216 valence electrons. The molecule has 0 saturated carbocycles. The van der Waals surface area contributed by atoms with Gasteiger partial charge in [0.15, 0.2) is 4.80 Å². The Hall–Kier alpha value is -5.52. The lowest BCUT2D eigenvalue weighted by atomic mass is 9.94. The number of amides is 1. The number of rotatable bonds is 7. The zero-order chi connectivity index (χ0) is 30.6. The van der Waals surface area contributed by atoms with Crippen molar-refractivity contribution in [3.05, 3.63) is 162 Å². The van der Waals surface area contributed by atoms with Gasteiger partial charge in [0.2, 0.25) is 0 Å². The fraction of sp³-hybridized carbons (Fsp3) is 0.111. The van der Waals surface area contributed by atoms with Crippen molar-refractivity contribution in [1.82, 2.24) is 4.57 Å². The molecule has 1 aliphatic rings. The summed E-state index contributed by atoms with van der Waals surface area (Å²) in [6.07, 6.45) is 1.83. The number of benzene rings is 4. The van der Waals surface area contributed by atoms with Gasteiger partial charge in [-0.3, -0.25) is 14.2 Å². The number of aromatic nitrogens is 1. The van der Waals surface area contributed by atoms with Crippen LogP contribution in [0.25, 0.3) is 6.08 Å². The molecular weight excluding hydrogens is 568 g/mol. The molecule has 8 heteroatoms. The number of thiazole rings is 1. The summed E-state index contributed by atoms with van der Waals surface area (Å²) in [4.78, 5) is 32.9. The van der Waals surface area contributed by atoms with Crippen LogP contribution < -0.4 is 24.9 Å². The first kappa shape index (κ1) is 28.6. The molecule has 44 heavy (non-hydrogen) atoms. The highest BCUT2D eigenvalue weighted by Crippen LogP contribution is 2.31. The van der Waals surface area contributed by atoms with Crippen LogP contribution in [0.4, 0.5) is 5.69 Å². The fourth-order valence-corrected chi connectivity index (χ4v) is 6.17. The van der Waals surface area contributed by atoms with Crippen LogP contribution in [0.3, 0.4) is 0 Å². The fourth-order valence-electron chi connectivity index (χ4n) is 5.12. The summed E-state index contributed by atoms with van der Waals surface area (Å²) in [5.41, 5.74) is 5.57. The van der Waals surface area contributed by atoms with E-state index >= 15 is 0 Å². The Morgan fingerprint density at radius 2 is 1.68 bits per heavy atom. The van der Waals surface area contributed by atoms with E-state index in [9.17, 15) is 14.9 Å². The predicted molar refractivity (Wildman–Crippen MR) is 172 cm³/mol. The number of anilines is 1. The van der Waals surface area contributed by atoms with E-state index < -0.39 is 6.04 Å². The van der Waals surface area contributed by atoms with E-state index in [1.165, 1.54) is 11.3 Å². The van der Waals surface area contributed by atoms with Crippen LogP contribution in [-0.2, 0) is 11.4 Å². The average molecular weight is 597 g/mol. The SMILES string of the molecule is CC1=C(C(=O)Nc2ccccc2)[C@@H](c2ccc(C)cc2)n2c(s/c(=C/c3ccc(OCc4ccccc4C#N)cc3)c2=O)=N1. The van der Waals surface area contributed by atoms with Gasteiger partial charge >= 0.3 is 0 Å². The molecule has 6 rings (SSSR count). The van der Waals surface area contributed by atoms with Gasteiger partial charge < -0.3 is 10.1 Å². The van der Waals surface area contributed by atoms with Crippen molar-refractivity contribution in [2.45, 2.75) is 26.5 Å². The number of carbonyl (C=O) groups is 1. The van der Waals surface area contributed by atoms with Crippen LogP contribution in [0.15, 0.2) is 124 Å². The summed E-state index contributed by atoms with van der Waals surface area (Å²) in [6, 6.07) is 33.4. The first-order chi connectivity index (χ1) is 21.4. The maximum Gasteiger partial charge on any atom is 0.271 e. The van der Waals surface area contributed by atoms with E-state index in [4.69, 9.17) is 9.73 Å². The van der Waals surface area contributed by atoms with Gasteiger partial charge in [-0.05, 0) is 61.4 Å². The van der Waals surface area contributed by atoms with Crippen molar-refractivity contribution < 1.29 is 9.53 Å². The number of fused-ring (bicyclic) bond motifs is 1. The summed E-state index contributed by atoms with van der Waals surface area (Å²) in [7, 11) is 0. The Labute approximate surface area is 258 Å². The third-order valence-electron chi connectivity index (χ3n) is 7.40. The Kier molecular flexibility index (Phi) is 8.04. The second kappa shape index (κ2) is 12.4. The van der Waals surface area contributed by atoms with E-state index in [-0.39, 0.29) is 18.1 Å². The standard InChI is InChI=1S/C36H28N4O3S/c1-23-12-16-26(17-13-23)33-32(34(41)39-29-10-4-3-5-11-29)24(2)38-36-40(33)35(42)31(44-36)20-25-14-18-30(19-15-25)43-22-28-9-7-6-8-27(28)21-37/h3-20,33H,22H2,1-2H3,(H,39,41)/b31-20+/t33-/m1/s1. The molecule has 0 fully saturated rings. The molecule has 1 aromatic heterocycles. The smallest absolute Gasteiger partial charge is 0.271 e. The topological polar surface area (TPSA) is 96.5 Å². The Balaban J connectivity index is 1.33. The molecule has 0 saturated heterocycles. The quantitative estimate of drug-likeness (QED) is 0.263. The van der Waals surface area contributed by atoms with Crippen molar-refractivity contribution in [3.63, 3.8) is 0 Å². The molecule has 0 radical (unpaired) electrons. The number of hydrogen-bond acceptors (Lipinski definition) is 6. The van der Waals surface area contributed by atoms with Crippen LogP contribution in [0.5, 0.6) is 5.75 Å². The van der Waals surface area contributed by atoms with E-state index in [1.54, 1.807) is 10.6 Å². The van der Waals surface area contributed by atoms with Crippen LogP contribution >= 0.6 is 11.3 Å². The van der Waals surface area contributed by atoms with Gasteiger partial charge in [-0.15, -0.1) is 0 Å². The summed E-state index contributed by atoms with van der Waals surface area (Å²) in [5, 5.41) is 12.3. The van der Waals surface area contributed by atoms with Crippen molar-refractivity contribution in [2.24, 2.45) is 4.99 Å². The average Bonchev–Trinajstić information content (AvgIpc) is 3.34. The summed E-state index contributed by atoms with van der Waals surface area (Å²) >= 11 is 1.30. The zero-order valence-corrected chi connectivity index (χ0v) is 25.0. The molecule has 4 aromatic carbocycles. The minimum Gasteiger partial charge on any atom is -0.489 e. The minimum atomic E-state index is -0.634. The van der Waals surface area contributed by atoms with Crippen LogP contribution in [-0.4, -0.2) is 10.5 Å². The lowest BCUT2D eigenvalue weighted by molar-refractivity contribution is -0.113. The Morgan fingerprint density at radius 3 is 2.41 bits per heavy atom. The molecule has 1 amide bonds. The lowest BCUT2D eigenvalue weighted by Crippen LogP contribution is -2.40. The molecule has 0 aliphatic carbocycles.